The van der Waals surface area contributed by atoms with Crippen LogP contribution in [-0.4, -0.2) is 47.1 Å². The number of halogens is 3. The second-order valence-electron chi connectivity index (χ2n) is 4.12. The molecule has 9 heteroatoms. The second kappa shape index (κ2) is 6.25. The van der Waals surface area contributed by atoms with E-state index in [1.54, 1.807) is 0 Å². The predicted octanol–water partition coefficient (Wildman–Crippen LogP) is 0.875. The molecule has 0 atom stereocenters. The Morgan fingerprint density at radius 2 is 1.76 bits per heavy atom. The van der Waals surface area contributed by atoms with Gasteiger partial charge in [-0.25, -0.2) is 0 Å². The largest absolute Gasteiger partial charge is 0.480 e. The summed E-state index contributed by atoms with van der Waals surface area (Å²) >= 11 is 0. The number of nitrogens with two attached hydrogens (primary N) is 1. The number of nitrogens with zero attached hydrogens (tertiary/aromatic N) is 1. The van der Waals surface area contributed by atoms with Crippen LogP contribution in [0.15, 0.2) is 24.3 Å². The van der Waals surface area contributed by atoms with Crippen molar-refractivity contribution in [3.8, 4) is 0 Å². The van der Waals surface area contributed by atoms with Gasteiger partial charge in [-0.05, 0) is 18.2 Å². The Hall–Kier alpha value is -2.58. The number of hydrogen-bond donors (Lipinski definition) is 2. The van der Waals surface area contributed by atoms with Crippen LogP contribution in [0.3, 0.4) is 0 Å². The number of alkyl halides is 3. The number of carbonyl (C=O) groups is 3. The molecule has 0 aromatic heterocycles. The van der Waals surface area contributed by atoms with E-state index < -0.39 is 37.0 Å². The monoisotopic (exact) mass is 304 g/mol. The summed E-state index contributed by atoms with van der Waals surface area (Å²) < 4.78 is 37.1. The summed E-state index contributed by atoms with van der Waals surface area (Å²) in [6, 6.07) is 4.72. The summed E-state index contributed by atoms with van der Waals surface area (Å²) in [7, 11) is 0. The van der Waals surface area contributed by atoms with Gasteiger partial charge in [0.2, 0.25) is 5.91 Å². The molecule has 3 N–H and O–H groups in total. The van der Waals surface area contributed by atoms with Gasteiger partial charge < -0.3 is 15.7 Å². The van der Waals surface area contributed by atoms with Gasteiger partial charge >= 0.3 is 12.1 Å². The third kappa shape index (κ3) is 5.13. The molecule has 0 aliphatic rings. The molecule has 1 aromatic carbocycles. The summed E-state index contributed by atoms with van der Waals surface area (Å²) in [6.07, 6.45) is -4.74. The van der Waals surface area contributed by atoms with Crippen molar-refractivity contribution >= 4 is 17.8 Å². The molecule has 0 saturated carbocycles. The van der Waals surface area contributed by atoms with E-state index in [2.05, 4.69) is 0 Å². The summed E-state index contributed by atoms with van der Waals surface area (Å²) in [5.74, 6) is -3.60. The van der Waals surface area contributed by atoms with Gasteiger partial charge in [0.15, 0.2) is 0 Å². The van der Waals surface area contributed by atoms with Gasteiger partial charge in [-0.2, -0.15) is 13.2 Å². The Bertz CT molecular complexity index is 572. The fraction of sp³-hybridized carbons (Fsp3) is 0.250. The molecule has 21 heavy (non-hydrogen) atoms. The minimum atomic E-state index is -4.74. The van der Waals surface area contributed by atoms with Crippen LogP contribution in [0, 0.1) is 0 Å². The predicted molar refractivity (Wildman–Crippen MR) is 64.6 cm³/mol. The van der Waals surface area contributed by atoms with Gasteiger partial charge in [0.05, 0.1) is 0 Å². The lowest BCUT2D eigenvalue weighted by molar-refractivity contribution is -0.149. The van der Waals surface area contributed by atoms with Crippen LogP contribution >= 0.6 is 0 Å². The van der Waals surface area contributed by atoms with Crippen molar-refractivity contribution < 1.29 is 32.7 Å². The standard InChI is InChI=1S/C12H11F3N2O4/c13-12(14,15)6-17(5-9(18)19)11(21)8-3-1-2-7(4-8)10(16)20/h1-4H,5-6H2,(H2,16,20)(H,18,19). The fourth-order valence-electron chi connectivity index (χ4n) is 1.57. The molecule has 0 aliphatic carbocycles. The van der Waals surface area contributed by atoms with E-state index in [0.717, 1.165) is 6.07 Å². The number of amides is 2. The molecule has 1 rings (SSSR count). The molecule has 0 bridgehead atoms. The second-order valence-corrected chi connectivity index (χ2v) is 4.12. The zero-order valence-electron chi connectivity index (χ0n) is 10.6. The Kier molecular flexibility index (Phi) is 4.90. The summed E-state index contributed by atoms with van der Waals surface area (Å²) in [5.41, 5.74) is 4.68. The molecule has 0 spiro atoms. The first-order valence-corrected chi connectivity index (χ1v) is 5.58. The lowest BCUT2D eigenvalue weighted by Gasteiger charge is -2.22. The van der Waals surface area contributed by atoms with E-state index >= 15 is 0 Å². The highest BCUT2D eigenvalue weighted by Crippen LogP contribution is 2.18. The first kappa shape index (κ1) is 16.5. The first-order valence-electron chi connectivity index (χ1n) is 5.58. The summed E-state index contributed by atoms with van der Waals surface area (Å²) in [6.45, 7) is -2.82. The number of rotatable bonds is 5. The van der Waals surface area contributed by atoms with Gasteiger partial charge in [0.1, 0.15) is 13.1 Å². The molecule has 0 fully saturated rings. The molecular formula is C12H11F3N2O4. The maximum atomic E-state index is 12.4. The molecule has 2 amide bonds. The van der Waals surface area contributed by atoms with Gasteiger partial charge in [-0.1, -0.05) is 6.07 Å². The highest BCUT2D eigenvalue weighted by molar-refractivity contribution is 5.99. The highest BCUT2D eigenvalue weighted by Gasteiger charge is 2.34. The number of benzene rings is 1. The molecule has 6 nitrogen and oxygen atoms in total. The van der Waals surface area contributed by atoms with Crippen LogP contribution < -0.4 is 5.73 Å². The molecular weight excluding hydrogens is 293 g/mol. The maximum Gasteiger partial charge on any atom is 0.406 e. The van der Waals surface area contributed by atoms with Crippen molar-refractivity contribution in [1.29, 1.82) is 0 Å². The fourth-order valence-corrected chi connectivity index (χ4v) is 1.57. The van der Waals surface area contributed by atoms with E-state index in [1.165, 1.54) is 18.2 Å². The topological polar surface area (TPSA) is 101 Å². The van der Waals surface area contributed by atoms with E-state index in [9.17, 15) is 27.6 Å². The number of carboxylic acids is 1. The molecule has 1 aromatic rings. The van der Waals surface area contributed by atoms with Crippen LogP contribution in [0.4, 0.5) is 13.2 Å². The van der Waals surface area contributed by atoms with Crippen molar-refractivity contribution in [1.82, 2.24) is 4.90 Å². The lowest BCUT2D eigenvalue weighted by atomic mass is 10.1. The van der Waals surface area contributed by atoms with E-state index in [4.69, 9.17) is 10.8 Å². The number of carboxylic acid groups (broad SMARTS) is 1. The minimum absolute atomic E-state index is 0.0665. The average Bonchev–Trinajstić information content (AvgIpc) is 2.35. The summed E-state index contributed by atoms with van der Waals surface area (Å²) in [5, 5.41) is 8.58. The lowest BCUT2D eigenvalue weighted by Crippen LogP contribution is -2.42. The average molecular weight is 304 g/mol. The number of aliphatic carboxylic acids is 1. The zero-order valence-corrected chi connectivity index (χ0v) is 10.6. The van der Waals surface area contributed by atoms with Crippen molar-refractivity contribution in [3.63, 3.8) is 0 Å². The smallest absolute Gasteiger partial charge is 0.406 e. The van der Waals surface area contributed by atoms with Crippen molar-refractivity contribution in [3.05, 3.63) is 35.4 Å². The highest BCUT2D eigenvalue weighted by atomic mass is 19.4. The quantitative estimate of drug-likeness (QED) is 0.843. The van der Waals surface area contributed by atoms with Crippen molar-refractivity contribution in [2.24, 2.45) is 5.73 Å². The van der Waals surface area contributed by atoms with Crippen LogP contribution in [0.2, 0.25) is 0 Å². The van der Waals surface area contributed by atoms with Crippen molar-refractivity contribution in [2.45, 2.75) is 6.18 Å². The number of primary amides is 1. The maximum absolute atomic E-state index is 12.4. The zero-order chi connectivity index (χ0) is 16.2. The minimum Gasteiger partial charge on any atom is -0.480 e. The van der Waals surface area contributed by atoms with Gasteiger partial charge in [-0.3, -0.25) is 14.4 Å². The summed E-state index contributed by atoms with van der Waals surface area (Å²) in [4.78, 5) is 33.6. The number of carbonyl (C=O) groups excluding carboxylic acids is 2. The molecule has 0 radical (unpaired) electrons. The van der Waals surface area contributed by atoms with E-state index in [0.29, 0.717) is 0 Å². The van der Waals surface area contributed by atoms with Crippen molar-refractivity contribution in [2.75, 3.05) is 13.1 Å². The normalized spacial score (nSPS) is 11.0. The molecule has 0 saturated heterocycles. The van der Waals surface area contributed by atoms with Crippen LogP contribution in [0.25, 0.3) is 0 Å². The molecule has 0 aliphatic heterocycles. The first-order chi connectivity index (χ1) is 9.60. The molecule has 0 heterocycles. The Morgan fingerprint density at radius 3 is 2.24 bits per heavy atom. The van der Waals surface area contributed by atoms with Crippen LogP contribution in [0.5, 0.6) is 0 Å². The van der Waals surface area contributed by atoms with Crippen LogP contribution in [0.1, 0.15) is 20.7 Å². The van der Waals surface area contributed by atoms with Gasteiger partial charge in [-0.15, -0.1) is 0 Å². The third-order valence-corrected chi connectivity index (χ3v) is 2.38. The van der Waals surface area contributed by atoms with Gasteiger partial charge in [0, 0.05) is 11.1 Å². The van der Waals surface area contributed by atoms with Crippen LogP contribution in [-0.2, 0) is 4.79 Å². The van der Waals surface area contributed by atoms with E-state index in [1.807, 2.05) is 0 Å². The number of hydrogen-bond acceptors (Lipinski definition) is 3. The van der Waals surface area contributed by atoms with E-state index in [-0.39, 0.29) is 16.0 Å². The Morgan fingerprint density at radius 1 is 1.19 bits per heavy atom. The molecule has 0 unspecified atom stereocenters. The SMILES string of the molecule is NC(=O)c1cccc(C(=O)N(CC(=O)O)CC(F)(F)F)c1. The Labute approximate surface area is 116 Å². The van der Waals surface area contributed by atoms with Gasteiger partial charge in [0.25, 0.3) is 5.91 Å². The Balaban J connectivity index is 3.07. The third-order valence-electron chi connectivity index (χ3n) is 2.38. The molecule has 114 valence electrons.